The molecule has 0 aliphatic heterocycles. The maximum atomic E-state index is 13.0. The fourth-order valence-electron chi connectivity index (χ4n) is 2.55. The Labute approximate surface area is 119 Å². The molecule has 0 heterocycles. The van der Waals surface area contributed by atoms with Gasteiger partial charge in [-0.2, -0.15) is 26.3 Å². The minimum Gasteiger partial charge on any atom is -0.379 e. The van der Waals surface area contributed by atoms with Crippen molar-refractivity contribution in [3.05, 3.63) is 0 Å². The van der Waals surface area contributed by atoms with Gasteiger partial charge in [-0.1, -0.05) is 26.2 Å². The first-order valence-electron chi connectivity index (χ1n) is 6.98. The third kappa shape index (κ3) is 4.74. The lowest BCUT2D eigenvalue weighted by Crippen LogP contribution is -2.51. The van der Waals surface area contributed by atoms with Crippen molar-refractivity contribution in [1.82, 2.24) is 0 Å². The van der Waals surface area contributed by atoms with Gasteiger partial charge in [-0.3, -0.25) is 0 Å². The van der Waals surface area contributed by atoms with Crippen LogP contribution in [-0.2, 0) is 4.74 Å². The molecule has 1 fully saturated rings. The molecule has 2 nitrogen and oxygen atoms in total. The van der Waals surface area contributed by atoms with Gasteiger partial charge in [0.15, 0.2) is 11.7 Å². The van der Waals surface area contributed by atoms with E-state index in [0.717, 1.165) is 13.3 Å². The minimum absolute atomic E-state index is 0.279. The molecule has 1 rings (SSSR count). The van der Waals surface area contributed by atoms with Gasteiger partial charge < -0.3 is 9.84 Å². The summed E-state index contributed by atoms with van der Waals surface area (Å²) in [6.45, 7) is -0.340. The standard InChI is InChI=1S/C13H20F6O2/c1-2-11(20,13(17,18)19)8-21-10(12(14,15)16)9-6-4-3-5-7-9/h9-10,20H,2-8H2,1H3. The molecule has 2 unspecified atom stereocenters. The van der Waals surface area contributed by atoms with Crippen LogP contribution in [0.25, 0.3) is 0 Å². The zero-order valence-electron chi connectivity index (χ0n) is 11.7. The van der Waals surface area contributed by atoms with Crippen LogP contribution in [0.5, 0.6) is 0 Å². The second kappa shape index (κ2) is 6.73. The molecule has 2 atom stereocenters. The largest absolute Gasteiger partial charge is 0.419 e. The van der Waals surface area contributed by atoms with Gasteiger partial charge in [0.05, 0.1) is 6.61 Å². The van der Waals surface area contributed by atoms with Gasteiger partial charge in [-0.25, -0.2) is 0 Å². The number of hydrogen-bond acceptors (Lipinski definition) is 2. The van der Waals surface area contributed by atoms with E-state index in [0.29, 0.717) is 12.8 Å². The van der Waals surface area contributed by atoms with E-state index in [2.05, 4.69) is 4.74 Å². The molecule has 8 heteroatoms. The molecule has 126 valence electrons. The van der Waals surface area contributed by atoms with E-state index >= 15 is 0 Å². The van der Waals surface area contributed by atoms with E-state index in [9.17, 15) is 31.4 Å². The van der Waals surface area contributed by atoms with Crippen LogP contribution in [0.15, 0.2) is 0 Å². The molecule has 0 aromatic rings. The molecule has 1 saturated carbocycles. The van der Waals surface area contributed by atoms with E-state index < -0.39 is 43.0 Å². The zero-order chi connectivity index (χ0) is 16.3. The van der Waals surface area contributed by atoms with Crippen molar-refractivity contribution in [2.45, 2.75) is 69.5 Å². The van der Waals surface area contributed by atoms with Crippen LogP contribution in [-0.4, -0.2) is 35.8 Å². The minimum atomic E-state index is -5.02. The molecule has 0 aromatic heterocycles. The van der Waals surface area contributed by atoms with Crippen molar-refractivity contribution in [3.63, 3.8) is 0 Å². The zero-order valence-corrected chi connectivity index (χ0v) is 11.7. The smallest absolute Gasteiger partial charge is 0.379 e. The molecule has 1 aliphatic rings. The first-order valence-corrected chi connectivity index (χ1v) is 6.98. The van der Waals surface area contributed by atoms with Crippen molar-refractivity contribution in [2.75, 3.05) is 6.61 Å². The number of hydrogen-bond donors (Lipinski definition) is 1. The fraction of sp³-hybridized carbons (Fsp3) is 1.00. The first-order chi connectivity index (χ1) is 9.51. The number of rotatable bonds is 5. The van der Waals surface area contributed by atoms with Crippen LogP contribution in [0.1, 0.15) is 45.4 Å². The molecule has 0 radical (unpaired) electrons. The summed E-state index contributed by atoms with van der Waals surface area (Å²) in [5, 5.41) is 9.45. The lowest BCUT2D eigenvalue weighted by atomic mass is 9.85. The van der Waals surface area contributed by atoms with Crippen molar-refractivity contribution < 1.29 is 36.2 Å². The molecular weight excluding hydrogens is 302 g/mol. The predicted molar refractivity (Wildman–Crippen MR) is 63.7 cm³/mol. The van der Waals surface area contributed by atoms with Crippen LogP contribution in [0, 0.1) is 5.92 Å². The summed E-state index contributed by atoms with van der Waals surface area (Å²) in [6, 6.07) is 0. The van der Waals surface area contributed by atoms with Crippen molar-refractivity contribution in [3.8, 4) is 0 Å². The summed E-state index contributed by atoms with van der Waals surface area (Å²) in [6.07, 6.45) is -10.2. The van der Waals surface area contributed by atoms with Crippen molar-refractivity contribution in [1.29, 1.82) is 0 Å². The molecule has 0 saturated heterocycles. The Bertz CT molecular complexity index is 322. The highest BCUT2D eigenvalue weighted by atomic mass is 19.4. The van der Waals surface area contributed by atoms with Gasteiger partial charge >= 0.3 is 12.4 Å². The van der Waals surface area contributed by atoms with Crippen LogP contribution in [0.4, 0.5) is 26.3 Å². The molecule has 1 aliphatic carbocycles. The van der Waals surface area contributed by atoms with E-state index in [1.807, 2.05) is 0 Å². The Balaban J connectivity index is 2.78. The summed E-state index contributed by atoms with van der Waals surface area (Å²) < 4.78 is 81.6. The topological polar surface area (TPSA) is 29.5 Å². The van der Waals surface area contributed by atoms with Gasteiger partial charge in [0.25, 0.3) is 0 Å². The van der Waals surface area contributed by atoms with Crippen LogP contribution in [0.2, 0.25) is 0 Å². The second-order valence-electron chi connectivity index (χ2n) is 5.55. The summed E-state index contributed by atoms with van der Waals surface area (Å²) in [7, 11) is 0. The van der Waals surface area contributed by atoms with E-state index in [4.69, 9.17) is 0 Å². The molecule has 21 heavy (non-hydrogen) atoms. The Morgan fingerprint density at radius 2 is 1.57 bits per heavy atom. The van der Waals surface area contributed by atoms with E-state index in [1.165, 1.54) is 0 Å². The lowest BCUT2D eigenvalue weighted by Gasteiger charge is -2.35. The number of aliphatic hydroxyl groups is 1. The molecular formula is C13H20F6O2. The normalized spacial score (nSPS) is 22.9. The second-order valence-corrected chi connectivity index (χ2v) is 5.55. The third-order valence-corrected chi connectivity index (χ3v) is 4.01. The molecule has 0 spiro atoms. The molecule has 0 aromatic carbocycles. The maximum absolute atomic E-state index is 13.0. The van der Waals surface area contributed by atoms with Gasteiger partial charge in [0.2, 0.25) is 0 Å². The van der Waals surface area contributed by atoms with E-state index in [1.54, 1.807) is 0 Å². The lowest BCUT2D eigenvalue weighted by molar-refractivity contribution is -0.302. The van der Waals surface area contributed by atoms with Gasteiger partial charge in [0, 0.05) is 0 Å². The Hall–Kier alpha value is -0.500. The van der Waals surface area contributed by atoms with Crippen LogP contribution >= 0.6 is 0 Å². The SMILES string of the molecule is CCC(O)(COC(C1CCCCC1)C(F)(F)F)C(F)(F)F. The van der Waals surface area contributed by atoms with Gasteiger partial charge in [-0.15, -0.1) is 0 Å². The fourth-order valence-corrected chi connectivity index (χ4v) is 2.55. The number of ether oxygens (including phenoxy) is 1. The molecule has 1 N–H and O–H groups in total. The van der Waals surface area contributed by atoms with E-state index in [-0.39, 0.29) is 12.8 Å². The first kappa shape index (κ1) is 18.5. The van der Waals surface area contributed by atoms with Gasteiger partial charge in [0.1, 0.15) is 0 Å². The van der Waals surface area contributed by atoms with Crippen molar-refractivity contribution in [2.24, 2.45) is 5.92 Å². The average molecular weight is 322 g/mol. The quantitative estimate of drug-likeness (QED) is 0.768. The number of halogens is 6. The van der Waals surface area contributed by atoms with Crippen molar-refractivity contribution >= 4 is 0 Å². The Morgan fingerprint density at radius 3 is 1.95 bits per heavy atom. The monoisotopic (exact) mass is 322 g/mol. The Kier molecular flexibility index (Phi) is 5.94. The third-order valence-electron chi connectivity index (χ3n) is 4.01. The summed E-state index contributed by atoms with van der Waals surface area (Å²) in [5.41, 5.74) is -3.24. The number of alkyl halides is 6. The highest BCUT2D eigenvalue weighted by molar-refractivity contribution is 4.87. The predicted octanol–water partition coefficient (Wildman–Crippen LogP) is 4.22. The molecule has 0 amide bonds. The average Bonchev–Trinajstić information content (AvgIpc) is 2.37. The Morgan fingerprint density at radius 1 is 1.05 bits per heavy atom. The summed E-state index contributed by atoms with van der Waals surface area (Å²) in [4.78, 5) is 0. The van der Waals surface area contributed by atoms with Crippen LogP contribution < -0.4 is 0 Å². The highest BCUT2D eigenvalue weighted by Gasteiger charge is 2.55. The maximum Gasteiger partial charge on any atom is 0.419 e. The molecule has 0 bridgehead atoms. The summed E-state index contributed by atoms with van der Waals surface area (Å²) in [5.74, 6) is -0.840. The van der Waals surface area contributed by atoms with Crippen LogP contribution in [0.3, 0.4) is 0 Å². The summed E-state index contributed by atoms with van der Waals surface area (Å²) >= 11 is 0. The highest BCUT2D eigenvalue weighted by Crippen LogP contribution is 2.39. The van der Waals surface area contributed by atoms with Gasteiger partial charge in [-0.05, 0) is 25.2 Å².